The maximum Gasteiger partial charge on any atom is 0.256 e. The van der Waals surface area contributed by atoms with Gasteiger partial charge < -0.3 is 19.8 Å². The van der Waals surface area contributed by atoms with Crippen LogP contribution in [0.5, 0.6) is 5.75 Å². The van der Waals surface area contributed by atoms with Crippen LogP contribution in [0, 0.1) is 5.82 Å². The minimum absolute atomic E-state index is 0.119. The van der Waals surface area contributed by atoms with Crippen LogP contribution in [0.3, 0.4) is 0 Å². The number of piperidine rings is 1. The van der Waals surface area contributed by atoms with Crippen molar-refractivity contribution in [2.75, 3.05) is 59.5 Å². The summed E-state index contributed by atoms with van der Waals surface area (Å²) in [6.45, 7) is 4.81. The summed E-state index contributed by atoms with van der Waals surface area (Å²) in [7, 11) is 1.52. The van der Waals surface area contributed by atoms with E-state index in [1.54, 1.807) is 17.0 Å². The van der Waals surface area contributed by atoms with Crippen LogP contribution in [0.2, 0.25) is 0 Å². The highest BCUT2D eigenvalue weighted by Crippen LogP contribution is 2.27. The molecule has 1 amide bonds. The highest BCUT2D eigenvalue weighted by atomic mass is 19.1. The molecule has 1 aromatic carbocycles. The Morgan fingerprint density at radius 3 is 2.57 bits per heavy atom. The number of halogens is 1. The van der Waals surface area contributed by atoms with E-state index in [0.717, 1.165) is 26.2 Å². The molecule has 0 spiro atoms. The molecule has 2 N–H and O–H groups in total. The smallest absolute Gasteiger partial charge is 0.256 e. The number of aliphatic hydroxyl groups is 2. The molecule has 2 aliphatic heterocycles. The highest BCUT2D eigenvalue weighted by molar-refractivity contribution is 5.86. The van der Waals surface area contributed by atoms with Crippen molar-refractivity contribution in [1.82, 2.24) is 14.7 Å². The van der Waals surface area contributed by atoms with Gasteiger partial charge in [0.2, 0.25) is 0 Å². The van der Waals surface area contributed by atoms with Crippen molar-refractivity contribution in [3.05, 3.63) is 29.6 Å². The maximum atomic E-state index is 14.2. The lowest BCUT2D eigenvalue weighted by atomic mass is 9.90. The number of amides is 1. The number of carbonyl (C=O) groups excluding carboxylic acids is 1. The van der Waals surface area contributed by atoms with Crippen LogP contribution in [0.15, 0.2) is 18.2 Å². The molecule has 2 saturated heterocycles. The lowest BCUT2D eigenvalue weighted by Gasteiger charge is -2.43. The molecule has 3 rings (SSSR count). The third-order valence-corrected chi connectivity index (χ3v) is 5.68. The molecule has 0 unspecified atom stereocenters. The normalized spacial score (nSPS) is 24.6. The number of benzene rings is 1. The van der Waals surface area contributed by atoms with Gasteiger partial charge in [0.25, 0.3) is 5.91 Å². The predicted molar refractivity (Wildman–Crippen MR) is 103 cm³/mol. The van der Waals surface area contributed by atoms with Gasteiger partial charge in [-0.15, -0.1) is 0 Å². The van der Waals surface area contributed by atoms with E-state index >= 15 is 0 Å². The second-order valence-corrected chi connectivity index (χ2v) is 7.66. The van der Waals surface area contributed by atoms with Gasteiger partial charge >= 0.3 is 0 Å². The molecule has 0 saturated carbocycles. The quantitative estimate of drug-likeness (QED) is 0.692. The van der Waals surface area contributed by atoms with Crippen LogP contribution in [-0.2, 0) is 11.3 Å². The van der Waals surface area contributed by atoms with Crippen LogP contribution in [0.4, 0.5) is 4.39 Å². The van der Waals surface area contributed by atoms with E-state index in [0.29, 0.717) is 37.2 Å². The zero-order valence-corrected chi connectivity index (χ0v) is 16.4. The number of carbonyl (C=O) groups is 1. The van der Waals surface area contributed by atoms with E-state index < -0.39 is 5.60 Å². The predicted octanol–water partition coefficient (Wildman–Crippen LogP) is 0.298. The van der Waals surface area contributed by atoms with Gasteiger partial charge in [-0.1, -0.05) is 0 Å². The van der Waals surface area contributed by atoms with Crippen LogP contribution in [0.1, 0.15) is 18.4 Å². The van der Waals surface area contributed by atoms with Crippen molar-refractivity contribution in [2.24, 2.45) is 0 Å². The summed E-state index contributed by atoms with van der Waals surface area (Å²) in [6, 6.07) is 4.47. The number of β-amino-alcohol motifs (C(OH)–C–C–N with tert-alkyl or cyclic N) is 2. The second kappa shape index (κ2) is 9.17. The Hall–Kier alpha value is -1.74. The van der Waals surface area contributed by atoms with E-state index in [1.165, 1.54) is 13.2 Å². The van der Waals surface area contributed by atoms with Gasteiger partial charge in [-0.25, -0.2) is 4.39 Å². The molecule has 0 bridgehead atoms. The van der Waals surface area contributed by atoms with Gasteiger partial charge in [0, 0.05) is 57.9 Å². The Bertz CT molecular complexity index is 681. The van der Waals surface area contributed by atoms with Gasteiger partial charge in [0.15, 0.2) is 5.60 Å². The minimum Gasteiger partial charge on any atom is -0.497 e. The maximum absolute atomic E-state index is 14.2. The van der Waals surface area contributed by atoms with E-state index in [2.05, 4.69) is 9.80 Å². The molecule has 28 heavy (non-hydrogen) atoms. The largest absolute Gasteiger partial charge is 0.497 e. The third-order valence-electron chi connectivity index (χ3n) is 5.68. The van der Waals surface area contributed by atoms with Gasteiger partial charge in [0.1, 0.15) is 11.6 Å². The number of rotatable bonds is 7. The number of piperazine rings is 1. The molecule has 2 heterocycles. The zero-order chi connectivity index (χ0) is 20.1. The second-order valence-electron chi connectivity index (χ2n) is 7.66. The van der Waals surface area contributed by atoms with Crippen LogP contribution < -0.4 is 4.74 Å². The van der Waals surface area contributed by atoms with Gasteiger partial charge in [-0.3, -0.25) is 14.6 Å². The number of ether oxygens (including phenoxy) is 1. The lowest BCUT2D eigenvalue weighted by Crippen LogP contribution is -2.60. The number of nitrogens with zero attached hydrogens (tertiary/aromatic N) is 3. The first kappa shape index (κ1) is 21.0. The molecule has 2 fully saturated rings. The zero-order valence-electron chi connectivity index (χ0n) is 16.4. The van der Waals surface area contributed by atoms with Crippen molar-refractivity contribution in [3.63, 3.8) is 0 Å². The van der Waals surface area contributed by atoms with Crippen molar-refractivity contribution in [1.29, 1.82) is 0 Å². The standard InChI is InChI=1S/C20H30FN3O4/c1-28-17-3-4-18(21)16(13-17)14-24-6-2-5-20(27,19(24)26)15-23-9-7-22(8-10-23)11-12-25/h3-4,13,25,27H,2,5-12,14-15H2,1H3/t20-/m0/s1. The SMILES string of the molecule is COc1ccc(F)c(CN2CCC[C@](O)(CN3CCN(CCO)CC3)C2=O)c1. The van der Waals surface area contributed by atoms with Crippen LogP contribution in [-0.4, -0.2) is 96.0 Å². The van der Waals surface area contributed by atoms with E-state index in [1.807, 2.05) is 0 Å². The summed E-state index contributed by atoms with van der Waals surface area (Å²) in [4.78, 5) is 18.8. The molecular formula is C20H30FN3O4. The summed E-state index contributed by atoms with van der Waals surface area (Å²) >= 11 is 0. The molecular weight excluding hydrogens is 365 g/mol. The summed E-state index contributed by atoms with van der Waals surface area (Å²) in [5, 5.41) is 20.1. The Balaban J connectivity index is 1.63. The number of hydrogen-bond acceptors (Lipinski definition) is 6. The Labute approximate surface area is 165 Å². The monoisotopic (exact) mass is 395 g/mol. The molecule has 0 aliphatic carbocycles. The molecule has 0 radical (unpaired) electrons. The highest BCUT2D eigenvalue weighted by Gasteiger charge is 2.43. The first-order valence-electron chi connectivity index (χ1n) is 9.85. The third kappa shape index (κ3) is 4.81. The summed E-state index contributed by atoms with van der Waals surface area (Å²) < 4.78 is 19.3. The average Bonchev–Trinajstić information content (AvgIpc) is 2.69. The number of aliphatic hydroxyl groups excluding tert-OH is 1. The minimum atomic E-state index is -1.44. The fourth-order valence-corrected chi connectivity index (χ4v) is 4.05. The molecule has 156 valence electrons. The molecule has 7 nitrogen and oxygen atoms in total. The molecule has 8 heteroatoms. The molecule has 0 aromatic heterocycles. The van der Waals surface area contributed by atoms with Crippen molar-refractivity contribution >= 4 is 5.91 Å². The van der Waals surface area contributed by atoms with Gasteiger partial charge in [-0.05, 0) is 31.0 Å². The van der Waals surface area contributed by atoms with E-state index in [9.17, 15) is 14.3 Å². The van der Waals surface area contributed by atoms with E-state index in [4.69, 9.17) is 9.84 Å². The first-order chi connectivity index (χ1) is 13.4. The van der Waals surface area contributed by atoms with Crippen molar-refractivity contribution in [3.8, 4) is 5.75 Å². The number of hydrogen-bond donors (Lipinski definition) is 2. The average molecular weight is 395 g/mol. The molecule has 2 aliphatic rings. The van der Waals surface area contributed by atoms with Crippen molar-refractivity contribution in [2.45, 2.75) is 25.0 Å². The summed E-state index contributed by atoms with van der Waals surface area (Å²) in [5.74, 6) is -0.182. The lowest BCUT2D eigenvalue weighted by molar-refractivity contribution is -0.160. The Kier molecular flexibility index (Phi) is 6.87. The van der Waals surface area contributed by atoms with E-state index in [-0.39, 0.29) is 31.4 Å². The fourth-order valence-electron chi connectivity index (χ4n) is 4.05. The summed E-state index contributed by atoms with van der Waals surface area (Å²) in [6.07, 6.45) is 1.10. The molecule has 1 aromatic rings. The van der Waals surface area contributed by atoms with Crippen LogP contribution >= 0.6 is 0 Å². The molecule has 1 atom stereocenters. The number of methoxy groups -OCH3 is 1. The Morgan fingerprint density at radius 2 is 1.89 bits per heavy atom. The Morgan fingerprint density at radius 1 is 1.18 bits per heavy atom. The topological polar surface area (TPSA) is 76.5 Å². The van der Waals surface area contributed by atoms with Gasteiger partial charge in [-0.2, -0.15) is 0 Å². The summed E-state index contributed by atoms with van der Waals surface area (Å²) in [5.41, 5.74) is -1.05. The van der Waals surface area contributed by atoms with Crippen molar-refractivity contribution < 1.29 is 24.1 Å². The van der Waals surface area contributed by atoms with Gasteiger partial charge in [0.05, 0.1) is 13.7 Å². The fraction of sp³-hybridized carbons (Fsp3) is 0.650. The van der Waals surface area contributed by atoms with Crippen LogP contribution in [0.25, 0.3) is 0 Å². The first-order valence-corrected chi connectivity index (χ1v) is 9.85. The number of likely N-dealkylation sites (tertiary alicyclic amines) is 1.